The van der Waals surface area contributed by atoms with Crippen LogP contribution in [0.2, 0.25) is 0 Å². The van der Waals surface area contributed by atoms with E-state index in [0.29, 0.717) is 25.8 Å². The van der Waals surface area contributed by atoms with Gasteiger partial charge in [0.1, 0.15) is 19.0 Å². The monoisotopic (exact) mass is 424 g/mol. The van der Waals surface area contributed by atoms with E-state index in [1.165, 1.54) is 0 Å². The minimum atomic E-state index is 0.0298. The molecule has 0 bridgehead atoms. The van der Waals surface area contributed by atoms with Crippen molar-refractivity contribution >= 4 is 11.6 Å². The summed E-state index contributed by atoms with van der Waals surface area (Å²) in [7, 11) is 0. The van der Waals surface area contributed by atoms with Crippen LogP contribution in [-0.4, -0.2) is 67.8 Å². The van der Waals surface area contributed by atoms with Crippen LogP contribution in [0.4, 0.5) is 5.69 Å². The third kappa shape index (κ3) is 4.60. The number of hydrogen-bond acceptors (Lipinski definition) is 7. The van der Waals surface area contributed by atoms with E-state index in [-0.39, 0.29) is 12.5 Å². The van der Waals surface area contributed by atoms with Crippen LogP contribution in [0.15, 0.2) is 36.5 Å². The Morgan fingerprint density at radius 3 is 2.68 bits per heavy atom. The summed E-state index contributed by atoms with van der Waals surface area (Å²) in [6, 6.07) is 10.2. The molecule has 8 nitrogen and oxygen atoms in total. The molecule has 0 unspecified atom stereocenters. The zero-order valence-corrected chi connectivity index (χ0v) is 17.6. The lowest BCUT2D eigenvalue weighted by atomic mass is 10.0. The van der Waals surface area contributed by atoms with Crippen molar-refractivity contribution in [2.45, 2.75) is 25.4 Å². The highest BCUT2D eigenvalue weighted by Crippen LogP contribution is 2.31. The number of pyridine rings is 1. The van der Waals surface area contributed by atoms with Crippen molar-refractivity contribution in [2.24, 2.45) is 0 Å². The van der Waals surface area contributed by atoms with Gasteiger partial charge in [0.15, 0.2) is 18.1 Å². The SMILES string of the molecule is O=C1COc2ccccc2N1CCN1CCC(NCc2cc3c(cn2)OCCO3)CC1. The highest BCUT2D eigenvalue weighted by Gasteiger charge is 2.26. The number of likely N-dealkylation sites (tertiary alicyclic amines) is 1. The van der Waals surface area contributed by atoms with Crippen molar-refractivity contribution in [3.05, 3.63) is 42.2 Å². The number of piperidine rings is 1. The molecule has 1 aromatic carbocycles. The number of fused-ring (bicyclic) bond motifs is 2. The molecule has 3 aliphatic rings. The second kappa shape index (κ2) is 9.11. The minimum Gasteiger partial charge on any atom is -0.486 e. The molecule has 2 aromatic rings. The Kier molecular flexibility index (Phi) is 5.90. The Hall–Kier alpha value is -2.84. The van der Waals surface area contributed by atoms with E-state index in [9.17, 15) is 4.79 Å². The molecular weight excluding hydrogens is 396 g/mol. The molecular formula is C23H28N4O4. The number of carbonyl (C=O) groups is 1. The Labute approximate surface area is 182 Å². The van der Waals surface area contributed by atoms with Gasteiger partial charge in [-0.1, -0.05) is 12.1 Å². The first-order valence-electron chi connectivity index (χ1n) is 11.0. The molecule has 1 N–H and O–H groups in total. The minimum absolute atomic E-state index is 0.0298. The maximum atomic E-state index is 12.3. The molecule has 1 fully saturated rings. The summed E-state index contributed by atoms with van der Waals surface area (Å²) in [6.45, 7) is 5.62. The van der Waals surface area contributed by atoms with Crippen molar-refractivity contribution in [3.8, 4) is 17.2 Å². The summed E-state index contributed by atoms with van der Waals surface area (Å²) in [6.07, 6.45) is 3.91. The maximum absolute atomic E-state index is 12.3. The molecule has 3 aliphatic heterocycles. The number of rotatable bonds is 6. The first-order valence-corrected chi connectivity index (χ1v) is 11.0. The molecule has 164 valence electrons. The highest BCUT2D eigenvalue weighted by molar-refractivity contribution is 5.97. The maximum Gasteiger partial charge on any atom is 0.265 e. The normalized spacial score (nSPS) is 19.1. The lowest BCUT2D eigenvalue weighted by Gasteiger charge is -2.35. The number of nitrogens with zero attached hydrogens (tertiary/aromatic N) is 3. The number of amides is 1. The second-order valence-electron chi connectivity index (χ2n) is 8.12. The van der Waals surface area contributed by atoms with E-state index < -0.39 is 0 Å². The summed E-state index contributed by atoms with van der Waals surface area (Å²) in [5.74, 6) is 2.33. The Bertz CT molecular complexity index is 930. The molecule has 1 aromatic heterocycles. The zero-order chi connectivity index (χ0) is 21.0. The average Bonchev–Trinajstić information content (AvgIpc) is 2.82. The van der Waals surface area contributed by atoms with E-state index in [2.05, 4.69) is 15.2 Å². The number of anilines is 1. The third-order valence-corrected chi connectivity index (χ3v) is 6.09. The summed E-state index contributed by atoms with van der Waals surface area (Å²) in [4.78, 5) is 21.1. The zero-order valence-electron chi connectivity index (χ0n) is 17.6. The molecule has 5 rings (SSSR count). The average molecular weight is 425 g/mol. The fraction of sp³-hybridized carbons (Fsp3) is 0.478. The first kappa shape index (κ1) is 20.1. The van der Waals surface area contributed by atoms with Gasteiger partial charge in [0, 0.05) is 31.7 Å². The van der Waals surface area contributed by atoms with Gasteiger partial charge in [-0.3, -0.25) is 9.78 Å². The van der Waals surface area contributed by atoms with Crippen LogP contribution in [0.5, 0.6) is 17.2 Å². The molecule has 1 amide bonds. The first-order chi connectivity index (χ1) is 15.3. The lowest BCUT2D eigenvalue weighted by Crippen LogP contribution is -2.47. The molecule has 0 aliphatic carbocycles. The fourth-order valence-electron chi connectivity index (χ4n) is 4.34. The third-order valence-electron chi connectivity index (χ3n) is 6.09. The van der Waals surface area contributed by atoms with Gasteiger partial charge in [-0.25, -0.2) is 0 Å². The number of aromatic nitrogens is 1. The Balaban J connectivity index is 1.08. The van der Waals surface area contributed by atoms with Gasteiger partial charge in [-0.15, -0.1) is 0 Å². The van der Waals surface area contributed by atoms with Crippen LogP contribution in [-0.2, 0) is 11.3 Å². The van der Waals surface area contributed by atoms with Crippen LogP contribution in [0.25, 0.3) is 0 Å². The number of ether oxygens (including phenoxy) is 3. The van der Waals surface area contributed by atoms with E-state index in [4.69, 9.17) is 14.2 Å². The molecule has 0 atom stereocenters. The van der Waals surface area contributed by atoms with Gasteiger partial charge in [0.25, 0.3) is 5.91 Å². The number of carbonyl (C=O) groups excluding carboxylic acids is 1. The molecule has 8 heteroatoms. The van der Waals surface area contributed by atoms with E-state index in [1.54, 1.807) is 6.20 Å². The number of benzene rings is 1. The van der Waals surface area contributed by atoms with E-state index in [0.717, 1.165) is 67.7 Å². The van der Waals surface area contributed by atoms with Crippen molar-refractivity contribution in [1.82, 2.24) is 15.2 Å². The topological polar surface area (TPSA) is 76.2 Å². The van der Waals surface area contributed by atoms with Crippen LogP contribution < -0.4 is 24.4 Å². The fourth-order valence-corrected chi connectivity index (χ4v) is 4.34. The summed E-state index contributed by atoms with van der Waals surface area (Å²) < 4.78 is 16.7. The molecule has 0 radical (unpaired) electrons. The van der Waals surface area contributed by atoms with Crippen molar-refractivity contribution in [2.75, 3.05) is 50.9 Å². The Morgan fingerprint density at radius 1 is 1.00 bits per heavy atom. The predicted octanol–water partition coefficient (Wildman–Crippen LogP) is 1.83. The summed E-state index contributed by atoms with van der Waals surface area (Å²) >= 11 is 0. The smallest absolute Gasteiger partial charge is 0.265 e. The van der Waals surface area contributed by atoms with Crippen molar-refractivity contribution in [1.29, 1.82) is 0 Å². The van der Waals surface area contributed by atoms with Gasteiger partial charge >= 0.3 is 0 Å². The Morgan fingerprint density at radius 2 is 1.81 bits per heavy atom. The highest BCUT2D eigenvalue weighted by atomic mass is 16.6. The van der Waals surface area contributed by atoms with Gasteiger partial charge < -0.3 is 29.3 Å². The van der Waals surface area contributed by atoms with Gasteiger partial charge in [0.2, 0.25) is 0 Å². The van der Waals surface area contributed by atoms with Crippen LogP contribution in [0, 0.1) is 0 Å². The molecule has 31 heavy (non-hydrogen) atoms. The molecule has 0 spiro atoms. The number of nitrogens with one attached hydrogen (secondary N) is 1. The summed E-state index contributed by atoms with van der Waals surface area (Å²) in [5, 5.41) is 3.62. The van der Waals surface area contributed by atoms with Gasteiger partial charge in [-0.2, -0.15) is 0 Å². The van der Waals surface area contributed by atoms with Crippen LogP contribution >= 0.6 is 0 Å². The van der Waals surface area contributed by atoms with Crippen LogP contribution in [0.3, 0.4) is 0 Å². The lowest BCUT2D eigenvalue weighted by molar-refractivity contribution is -0.121. The van der Waals surface area contributed by atoms with E-state index >= 15 is 0 Å². The molecule has 4 heterocycles. The quantitative estimate of drug-likeness (QED) is 0.758. The second-order valence-corrected chi connectivity index (χ2v) is 8.12. The van der Waals surface area contributed by atoms with E-state index in [1.807, 2.05) is 35.2 Å². The van der Waals surface area contributed by atoms with Gasteiger partial charge in [-0.05, 0) is 38.1 Å². The largest absolute Gasteiger partial charge is 0.486 e. The van der Waals surface area contributed by atoms with Crippen molar-refractivity contribution in [3.63, 3.8) is 0 Å². The molecule has 1 saturated heterocycles. The molecule has 0 saturated carbocycles. The standard InChI is InChI=1S/C23H28N4O4/c28-23-16-31-20-4-2-1-3-19(20)27(23)10-9-26-7-5-17(6-8-26)24-14-18-13-21-22(15-25-18)30-12-11-29-21/h1-4,13,15,17,24H,5-12,14,16H2. The van der Waals surface area contributed by atoms with Gasteiger partial charge in [0.05, 0.1) is 17.6 Å². The van der Waals surface area contributed by atoms with Crippen LogP contribution in [0.1, 0.15) is 18.5 Å². The number of hydrogen-bond donors (Lipinski definition) is 1. The predicted molar refractivity (Wildman–Crippen MR) is 116 cm³/mol. The number of para-hydroxylation sites is 2. The van der Waals surface area contributed by atoms with Crippen molar-refractivity contribution < 1.29 is 19.0 Å². The summed E-state index contributed by atoms with van der Waals surface area (Å²) in [5.41, 5.74) is 1.85.